The van der Waals surface area contributed by atoms with Gasteiger partial charge in [-0.3, -0.25) is 15.6 Å². The van der Waals surface area contributed by atoms with Crippen LogP contribution >= 0.6 is 23.8 Å². The van der Waals surface area contributed by atoms with Gasteiger partial charge in [-0.25, -0.2) is 0 Å². The van der Waals surface area contributed by atoms with Gasteiger partial charge in [0.2, 0.25) is 5.78 Å². The van der Waals surface area contributed by atoms with Crippen molar-refractivity contribution in [2.24, 2.45) is 5.73 Å². The molecule has 0 heterocycles. The van der Waals surface area contributed by atoms with Crippen LogP contribution in [0.15, 0.2) is 48.5 Å². The van der Waals surface area contributed by atoms with E-state index in [9.17, 15) is 4.79 Å². The number of thiocarbonyl (C=S) groups is 1. The Hall–Kier alpha value is -2.31. The first-order chi connectivity index (χ1) is 10.6. The zero-order valence-corrected chi connectivity index (χ0v) is 13.1. The molecule has 0 atom stereocenters. The molecule has 22 heavy (non-hydrogen) atoms. The Morgan fingerprint density at radius 3 is 2.55 bits per heavy atom. The number of ether oxygens (including phenoxy) is 1. The summed E-state index contributed by atoms with van der Waals surface area (Å²) in [5.74, 6) is 0.396. The highest BCUT2D eigenvalue weighted by molar-refractivity contribution is 7.80. The summed E-state index contributed by atoms with van der Waals surface area (Å²) >= 11 is 10.5. The summed E-state index contributed by atoms with van der Waals surface area (Å²) in [6.07, 6.45) is 0. The largest absolute Gasteiger partial charge is 0.485 e. The first-order valence-corrected chi connectivity index (χ1v) is 7.17. The van der Waals surface area contributed by atoms with Gasteiger partial charge in [0.15, 0.2) is 11.7 Å². The number of carbonyl (C=O) groups is 1. The lowest BCUT2D eigenvalue weighted by atomic mass is 10.1. The van der Waals surface area contributed by atoms with E-state index in [4.69, 9.17) is 34.3 Å². The molecule has 0 saturated heterocycles. The number of hydrazine groups is 1. The highest BCUT2D eigenvalue weighted by Crippen LogP contribution is 2.18. The summed E-state index contributed by atoms with van der Waals surface area (Å²) in [6, 6.07) is 13.8. The number of halogens is 1. The second-order valence-corrected chi connectivity index (χ2v) is 5.20. The summed E-state index contributed by atoms with van der Waals surface area (Å²) < 4.78 is 5.45. The summed E-state index contributed by atoms with van der Waals surface area (Å²) in [4.78, 5) is 12.3. The average Bonchev–Trinajstić information content (AvgIpc) is 2.52. The van der Waals surface area contributed by atoms with Crippen LogP contribution in [0.4, 0.5) is 5.69 Å². The quantitative estimate of drug-likeness (QED) is 0.428. The van der Waals surface area contributed by atoms with Crippen molar-refractivity contribution >= 4 is 40.4 Å². The van der Waals surface area contributed by atoms with Crippen molar-refractivity contribution in [1.29, 1.82) is 0 Å². The number of Topliss-reactive ketones (excluding diaryl/α,β-unsaturated/α-hetero) is 1. The molecule has 114 valence electrons. The van der Waals surface area contributed by atoms with Gasteiger partial charge < -0.3 is 10.5 Å². The number of nitrogens with one attached hydrogen (secondary N) is 2. The first-order valence-electron chi connectivity index (χ1n) is 6.38. The van der Waals surface area contributed by atoms with Gasteiger partial charge in [0, 0.05) is 10.6 Å². The number of ketones is 1. The molecular formula is C15H14ClN3O2S. The monoisotopic (exact) mass is 335 g/mol. The Morgan fingerprint density at radius 1 is 1.18 bits per heavy atom. The van der Waals surface area contributed by atoms with E-state index in [1.54, 1.807) is 48.5 Å². The van der Waals surface area contributed by atoms with Crippen molar-refractivity contribution in [1.82, 2.24) is 5.43 Å². The van der Waals surface area contributed by atoms with Gasteiger partial charge in [0.25, 0.3) is 0 Å². The average molecular weight is 336 g/mol. The number of anilines is 1. The molecule has 7 heteroatoms. The topological polar surface area (TPSA) is 76.4 Å². The summed E-state index contributed by atoms with van der Waals surface area (Å²) in [7, 11) is 0. The molecule has 0 amide bonds. The molecule has 4 N–H and O–H groups in total. The van der Waals surface area contributed by atoms with Gasteiger partial charge >= 0.3 is 0 Å². The van der Waals surface area contributed by atoms with Crippen molar-refractivity contribution in [3.05, 3.63) is 59.1 Å². The second-order valence-electron chi connectivity index (χ2n) is 4.33. The van der Waals surface area contributed by atoms with Crippen molar-refractivity contribution in [3.63, 3.8) is 0 Å². The SMILES string of the molecule is NC(=S)NNc1ccccc1C(=O)COc1ccc(Cl)cc1. The fourth-order valence-corrected chi connectivity index (χ4v) is 1.90. The molecule has 0 fully saturated rings. The lowest BCUT2D eigenvalue weighted by molar-refractivity contribution is 0.0922. The molecule has 0 radical (unpaired) electrons. The minimum atomic E-state index is -0.178. The van der Waals surface area contributed by atoms with E-state index in [-0.39, 0.29) is 17.5 Å². The first kappa shape index (κ1) is 16.1. The third-order valence-electron chi connectivity index (χ3n) is 2.73. The van der Waals surface area contributed by atoms with E-state index < -0.39 is 0 Å². The second kappa shape index (κ2) is 7.63. The van der Waals surface area contributed by atoms with Gasteiger partial charge in [0.05, 0.1) is 5.69 Å². The maximum Gasteiger partial charge on any atom is 0.202 e. The van der Waals surface area contributed by atoms with Gasteiger partial charge in [-0.15, -0.1) is 0 Å². The molecular weight excluding hydrogens is 322 g/mol. The third-order valence-corrected chi connectivity index (χ3v) is 3.09. The number of benzene rings is 2. The van der Waals surface area contributed by atoms with E-state index in [1.165, 1.54) is 0 Å². The molecule has 5 nitrogen and oxygen atoms in total. The Bertz CT molecular complexity index is 677. The fourth-order valence-electron chi connectivity index (χ4n) is 1.72. The Balaban J connectivity index is 2.02. The smallest absolute Gasteiger partial charge is 0.202 e. The Morgan fingerprint density at radius 2 is 1.86 bits per heavy atom. The molecule has 2 aromatic carbocycles. The Labute approximate surface area is 138 Å². The number of rotatable bonds is 6. The fraction of sp³-hybridized carbons (Fsp3) is 0.0667. The predicted molar refractivity (Wildman–Crippen MR) is 91.3 cm³/mol. The lowest BCUT2D eigenvalue weighted by Crippen LogP contribution is -2.34. The molecule has 0 spiro atoms. The molecule has 2 aromatic rings. The lowest BCUT2D eigenvalue weighted by Gasteiger charge is -2.12. The number of carbonyl (C=O) groups excluding carboxylic acids is 1. The molecule has 0 bridgehead atoms. The zero-order chi connectivity index (χ0) is 15.9. The van der Waals surface area contributed by atoms with Crippen LogP contribution in [0.2, 0.25) is 5.02 Å². The minimum Gasteiger partial charge on any atom is -0.485 e. The molecule has 0 aliphatic carbocycles. The summed E-state index contributed by atoms with van der Waals surface area (Å²) in [5, 5.41) is 0.691. The summed E-state index contributed by atoms with van der Waals surface area (Å²) in [6.45, 7) is -0.0899. The normalized spacial score (nSPS) is 9.86. The molecule has 0 aliphatic rings. The van der Waals surface area contributed by atoms with Gasteiger partial charge in [-0.2, -0.15) is 0 Å². The van der Waals surface area contributed by atoms with E-state index in [1.807, 2.05) is 0 Å². The van der Waals surface area contributed by atoms with Crippen LogP contribution in [-0.4, -0.2) is 17.5 Å². The van der Waals surface area contributed by atoms with Crippen LogP contribution in [-0.2, 0) is 0 Å². The highest BCUT2D eigenvalue weighted by atomic mass is 35.5. The van der Waals surface area contributed by atoms with Gasteiger partial charge in [0.1, 0.15) is 5.75 Å². The maximum absolute atomic E-state index is 12.3. The van der Waals surface area contributed by atoms with Crippen molar-refractivity contribution in [3.8, 4) is 5.75 Å². The maximum atomic E-state index is 12.3. The molecule has 0 aliphatic heterocycles. The van der Waals surface area contributed by atoms with Crippen molar-refractivity contribution in [2.75, 3.05) is 12.0 Å². The van der Waals surface area contributed by atoms with Crippen molar-refractivity contribution < 1.29 is 9.53 Å². The van der Waals surface area contributed by atoms with Crippen LogP contribution < -0.4 is 21.3 Å². The van der Waals surface area contributed by atoms with E-state index in [2.05, 4.69) is 10.9 Å². The van der Waals surface area contributed by atoms with Gasteiger partial charge in [-0.05, 0) is 48.6 Å². The number of hydrogen-bond acceptors (Lipinski definition) is 4. The Kier molecular flexibility index (Phi) is 5.57. The van der Waals surface area contributed by atoms with E-state index in [0.717, 1.165) is 0 Å². The molecule has 0 saturated carbocycles. The van der Waals surface area contributed by atoms with Crippen molar-refractivity contribution in [2.45, 2.75) is 0 Å². The number of para-hydroxylation sites is 1. The molecule has 2 rings (SSSR count). The van der Waals surface area contributed by atoms with Crippen LogP contribution in [0.3, 0.4) is 0 Å². The standard InChI is InChI=1S/C15H14ClN3O2S/c16-10-5-7-11(8-6-10)21-9-14(20)12-3-1-2-4-13(12)18-19-15(17)22/h1-8,18H,9H2,(H3,17,19,22). The third kappa shape index (κ3) is 4.61. The van der Waals surface area contributed by atoms with Crippen LogP contribution in [0, 0.1) is 0 Å². The minimum absolute atomic E-state index is 0.0830. The van der Waals surface area contributed by atoms with E-state index >= 15 is 0 Å². The predicted octanol–water partition coefficient (Wildman–Crippen LogP) is 2.76. The zero-order valence-electron chi connectivity index (χ0n) is 11.5. The van der Waals surface area contributed by atoms with E-state index in [0.29, 0.717) is 22.0 Å². The number of hydrogen-bond donors (Lipinski definition) is 3. The highest BCUT2D eigenvalue weighted by Gasteiger charge is 2.11. The molecule has 0 aromatic heterocycles. The van der Waals surface area contributed by atoms with Gasteiger partial charge in [-0.1, -0.05) is 23.7 Å². The van der Waals surface area contributed by atoms with Crippen LogP contribution in [0.1, 0.15) is 10.4 Å². The number of nitrogens with two attached hydrogens (primary N) is 1. The van der Waals surface area contributed by atoms with Crippen LogP contribution in [0.25, 0.3) is 0 Å². The van der Waals surface area contributed by atoms with Crippen LogP contribution in [0.5, 0.6) is 5.75 Å². The molecule has 0 unspecified atom stereocenters. The summed E-state index contributed by atoms with van der Waals surface area (Å²) in [5.41, 5.74) is 11.8.